The molecule has 1 aromatic heterocycles. The number of benzene rings is 1. The van der Waals surface area contributed by atoms with Crippen molar-refractivity contribution in [2.45, 2.75) is 13.2 Å². The molecule has 0 saturated heterocycles. The molecule has 2 rings (SSSR count). The summed E-state index contributed by atoms with van der Waals surface area (Å²) in [7, 11) is 0. The van der Waals surface area contributed by atoms with Gasteiger partial charge in [0, 0.05) is 18.9 Å². The molecule has 0 bridgehead atoms. The van der Waals surface area contributed by atoms with E-state index in [4.69, 9.17) is 5.11 Å². The van der Waals surface area contributed by atoms with Crippen molar-refractivity contribution < 1.29 is 13.9 Å². The van der Waals surface area contributed by atoms with E-state index in [1.807, 2.05) is 0 Å². The molecule has 3 nitrogen and oxygen atoms in total. The highest BCUT2D eigenvalue weighted by Gasteiger charge is 2.05. The summed E-state index contributed by atoms with van der Waals surface area (Å²) in [6, 6.07) is 3.72. The molecule has 1 aromatic carbocycles. The van der Waals surface area contributed by atoms with E-state index in [-0.39, 0.29) is 6.61 Å². The van der Waals surface area contributed by atoms with Crippen LogP contribution in [-0.4, -0.2) is 14.7 Å². The maximum atomic E-state index is 12.9. The molecule has 0 amide bonds. The Labute approximate surface area is 91.0 Å². The van der Waals surface area contributed by atoms with E-state index in [1.54, 1.807) is 17.0 Å². The van der Waals surface area contributed by atoms with Crippen LogP contribution in [0.2, 0.25) is 0 Å². The monoisotopic (exact) mass is 224 g/mol. The van der Waals surface area contributed by atoms with Crippen molar-refractivity contribution in [3.63, 3.8) is 0 Å². The minimum absolute atomic E-state index is 0.184. The zero-order chi connectivity index (χ0) is 11.5. The van der Waals surface area contributed by atoms with E-state index in [2.05, 4.69) is 4.98 Å². The molecule has 0 fully saturated rings. The van der Waals surface area contributed by atoms with Crippen LogP contribution in [0.4, 0.5) is 8.78 Å². The fourth-order valence-corrected chi connectivity index (χ4v) is 1.47. The Morgan fingerprint density at radius 2 is 2.06 bits per heavy atom. The minimum atomic E-state index is -0.872. The van der Waals surface area contributed by atoms with Gasteiger partial charge < -0.3 is 9.67 Å². The molecule has 1 heterocycles. The lowest BCUT2D eigenvalue weighted by molar-refractivity contribution is 0.266. The summed E-state index contributed by atoms with van der Waals surface area (Å²) in [6.07, 6.45) is 3.22. The first-order valence-electron chi connectivity index (χ1n) is 4.75. The van der Waals surface area contributed by atoms with Crippen LogP contribution in [0.25, 0.3) is 0 Å². The Morgan fingerprint density at radius 1 is 1.25 bits per heavy atom. The molecule has 0 aliphatic heterocycles. The lowest BCUT2D eigenvalue weighted by Crippen LogP contribution is -2.04. The Morgan fingerprint density at radius 3 is 2.75 bits per heavy atom. The summed E-state index contributed by atoms with van der Waals surface area (Å²) in [5, 5.41) is 8.97. The van der Waals surface area contributed by atoms with Gasteiger partial charge in [-0.1, -0.05) is 6.07 Å². The minimum Gasteiger partial charge on any atom is -0.388 e. The lowest BCUT2D eigenvalue weighted by atomic mass is 10.2. The second kappa shape index (κ2) is 4.40. The molecule has 0 aliphatic carbocycles. The highest BCUT2D eigenvalue weighted by Crippen LogP contribution is 2.11. The summed E-state index contributed by atoms with van der Waals surface area (Å²) in [4.78, 5) is 3.92. The molecule has 1 N–H and O–H groups in total. The molecular formula is C11H10F2N2O. The number of hydrogen-bond acceptors (Lipinski definition) is 2. The largest absolute Gasteiger partial charge is 0.388 e. The summed E-state index contributed by atoms with van der Waals surface area (Å²) in [5.74, 6) is -1.25. The van der Waals surface area contributed by atoms with Gasteiger partial charge in [0.25, 0.3) is 0 Å². The third-order valence-electron chi connectivity index (χ3n) is 2.28. The molecule has 0 radical (unpaired) electrons. The topological polar surface area (TPSA) is 38.1 Å². The molecule has 0 unspecified atom stereocenters. The SMILES string of the molecule is OCc1nccn1Cc1ccc(F)c(F)c1. The molecule has 5 heteroatoms. The standard InChI is InChI=1S/C11H10F2N2O/c12-9-2-1-8(5-10(9)13)6-15-4-3-14-11(15)7-16/h1-5,16H,6-7H2. The molecular weight excluding hydrogens is 214 g/mol. The molecule has 16 heavy (non-hydrogen) atoms. The zero-order valence-corrected chi connectivity index (χ0v) is 8.40. The fraction of sp³-hybridized carbons (Fsp3) is 0.182. The number of aliphatic hydroxyl groups excluding tert-OH is 1. The van der Waals surface area contributed by atoms with Crippen LogP contribution in [0, 0.1) is 11.6 Å². The van der Waals surface area contributed by atoms with E-state index in [1.165, 1.54) is 6.07 Å². The number of hydrogen-bond donors (Lipinski definition) is 1. The second-order valence-electron chi connectivity index (χ2n) is 3.38. The van der Waals surface area contributed by atoms with Crippen LogP contribution >= 0.6 is 0 Å². The first kappa shape index (κ1) is 10.8. The Hall–Kier alpha value is -1.75. The van der Waals surface area contributed by atoms with Crippen LogP contribution in [0.3, 0.4) is 0 Å². The first-order valence-corrected chi connectivity index (χ1v) is 4.75. The van der Waals surface area contributed by atoms with Crippen LogP contribution in [0.5, 0.6) is 0 Å². The first-order chi connectivity index (χ1) is 7.70. The van der Waals surface area contributed by atoms with Crippen LogP contribution in [0.15, 0.2) is 30.6 Å². The molecule has 84 valence electrons. The van der Waals surface area contributed by atoms with E-state index in [9.17, 15) is 8.78 Å². The van der Waals surface area contributed by atoms with Crippen molar-refractivity contribution in [2.24, 2.45) is 0 Å². The van der Waals surface area contributed by atoms with Gasteiger partial charge in [0.05, 0.1) is 0 Å². The maximum Gasteiger partial charge on any atom is 0.159 e. The molecule has 0 atom stereocenters. The average molecular weight is 224 g/mol. The van der Waals surface area contributed by atoms with Crippen molar-refractivity contribution in [1.82, 2.24) is 9.55 Å². The molecule has 0 spiro atoms. The van der Waals surface area contributed by atoms with E-state index in [0.29, 0.717) is 17.9 Å². The number of aromatic nitrogens is 2. The van der Waals surface area contributed by atoms with Gasteiger partial charge in [-0.15, -0.1) is 0 Å². The van der Waals surface area contributed by atoms with Gasteiger partial charge in [-0.2, -0.15) is 0 Å². The number of imidazole rings is 1. The number of nitrogens with zero attached hydrogens (tertiary/aromatic N) is 2. The smallest absolute Gasteiger partial charge is 0.159 e. The van der Waals surface area contributed by atoms with E-state index < -0.39 is 11.6 Å². The van der Waals surface area contributed by atoms with Gasteiger partial charge in [-0.25, -0.2) is 13.8 Å². The summed E-state index contributed by atoms with van der Waals surface area (Å²) < 4.78 is 27.3. The highest BCUT2D eigenvalue weighted by atomic mass is 19.2. The zero-order valence-electron chi connectivity index (χ0n) is 8.40. The number of halogens is 2. The summed E-state index contributed by atoms with van der Waals surface area (Å²) >= 11 is 0. The Bertz CT molecular complexity index is 496. The van der Waals surface area contributed by atoms with Crippen LogP contribution < -0.4 is 0 Å². The van der Waals surface area contributed by atoms with Crippen molar-refractivity contribution in [1.29, 1.82) is 0 Å². The normalized spacial score (nSPS) is 10.7. The highest BCUT2D eigenvalue weighted by molar-refractivity contribution is 5.18. The molecule has 0 aliphatic rings. The average Bonchev–Trinajstić information content (AvgIpc) is 2.71. The summed E-state index contributed by atoms with van der Waals surface area (Å²) in [5.41, 5.74) is 0.617. The Kier molecular flexibility index (Phi) is 2.96. The van der Waals surface area contributed by atoms with Crippen molar-refractivity contribution in [3.8, 4) is 0 Å². The van der Waals surface area contributed by atoms with Crippen LogP contribution in [-0.2, 0) is 13.2 Å². The van der Waals surface area contributed by atoms with Crippen LogP contribution in [0.1, 0.15) is 11.4 Å². The predicted octanol–water partition coefficient (Wildman–Crippen LogP) is 1.70. The quantitative estimate of drug-likeness (QED) is 0.861. The summed E-state index contributed by atoms with van der Waals surface area (Å²) in [6.45, 7) is 0.170. The fourth-order valence-electron chi connectivity index (χ4n) is 1.47. The third-order valence-corrected chi connectivity index (χ3v) is 2.28. The van der Waals surface area contributed by atoms with Crippen molar-refractivity contribution >= 4 is 0 Å². The number of aliphatic hydroxyl groups is 1. The Balaban J connectivity index is 2.24. The predicted molar refractivity (Wildman–Crippen MR) is 53.6 cm³/mol. The van der Waals surface area contributed by atoms with Gasteiger partial charge >= 0.3 is 0 Å². The van der Waals surface area contributed by atoms with E-state index in [0.717, 1.165) is 12.1 Å². The molecule has 2 aromatic rings. The second-order valence-corrected chi connectivity index (χ2v) is 3.38. The maximum absolute atomic E-state index is 12.9. The van der Waals surface area contributed by atoms with E-state index >= 15 is 0 Å². The van der Waals surface area contributed by atoms with Crippen molar-refractivity contribution in [2.75, 3.05) is 0 Å². The molecule has 0 saturated carbocycles. The van der Waals surface area contributed by atoms with Gasteiger partial charge in [0.15, 0.2) is 11.6 Å². The van der Waals surface area contributed by atoms with Gasteiger partial charge in [-0.05, 0) is 17.7 Å². The third kappa shape index (κ3) is 2.09. The van der Waals surface area contributed by atoms with Gasteiger partial charge in [0.2, 0.25) is 0 Å². The van der Waals surface area contributed by atoms with Crippen molar-refractivity contribution in [3.05, 3.63) is 53.6 Å². The van der Waals surface area contributed by atoms with Gasteiger partial charge in [0.1, 0.15) is 12.4 Å². The lowest BCUT2D eigenvalue weighted by Gasteiger charge is -2.06. The number of rotatable bonds is 3. The van der Waals surface area contributed by atoms with Gasteiger partial charge in [-0.3, -0.25) is 0 Å².